The molecular formula is C33H42O2. The van der Waals surface area contributed by atoms with E-state index >= 15 is 0 Å². The van der Waals surface area contributed by atoms with E-state index in [9.17, 15) is 10.2 Å². The molecule has 1 unspecified atom stereocenters. The summed E-state index contributed by atoms with van der Waals surface area (Å²) in [6.45, 7) is 6.65. The second kappa shape index (κ2) is 11.1. The maximum atomic E-state index is 12.1. The van der Waals surface area contributed by atoms with Gasteiger partial charge in [-0.05, 0) is 58.8 Å². The summed E-state index contributed by atoms with van der Waals surface area (Å²) in [5.41, 5.74) is 3.51. The second-order valence-electron chi connectivity index (χ2n) is 11.5. The summed E-state index contributed by atoms with van der Waals surface area (Å²) >= 11 is 0. The van der Waals surface area contributed by atoms with Crippen LogP contribution in [0.5, 0.6) is 0 Å². The Balaban J connectivity index is 1.32. The third-order valence-electron chi connectivity index (χ3n) is 8.12. The molecule has 1 saturated carbocycles. The summed E-state index contributed by atoms with van der Waals surface area (Å²) < 4.78 is 0. The fourth-order valence-electron chi connectivity index (χ4n) is 5.86. The molecule has 2 heteroatoms. The largest absolute Gasteiger partial charge is 0.388 e. The van der Waals surface area contributed by atoms with Gasteiger partial charge in [0, 0.05) is 0 Å². The van der Waals surface area contributed by atoms with Gasteiger partial charge in [0.1, 0.15) is 5.60 Å². The molecule has 35 heavy (non-hydrogen) atoms. The number of hydrogen-bond acceptors (Lipinski definition) is 2. The quantitative estimate of drug-likeness (QED) is 0.351. The lowest BCUT2D eigenvalue weighted by Gasteiger charge is -2.41. The third kappa shape index (κ3) is 6.05. The summed E-state index contributed by atoms with van der Waals surface area (Å²) in [4.78, 5) is 0. The molecular weight excluding hydrogens is 428 g/mol. The van der Waals surface area contributed by atoms with Gasteiger partial charge >= 0.3 is 0 Å². The van der Waals surface area contributed by atoms with Gasteiger partial charge in [0.15, 0.2) is 0 Å². The van der Waals surface area contributed by atoms with Gasteiger partial charge in [0.05, 0.1) is 6.10 Å². The van der Waals surface area contributed by atoms with Crippen LogP contribution in [0.15, 0.2) is 84.9 Å². The van der Waals surface area contributed by atoms with Gasteiger partial charge in [-0.25, -0.2) is 0 Å². The minimum Gasteiger partial charge on any atom is -0.388 e. The van der Waals surface area contributed by atoms with Gasteiger partial charge in [0.2, 0.25) is 0 Å². The molecule has 1 atom stereocenters. The van der Waals surface area contributed by atoms with Crippen LogP contribution in [0.4, 0.5) is 0 Å². The average molecular weight is 471 g/mol. The summed E-state index contributed by atoms with van der Waals surface area (Å²) in [5, 5.41) is 22.8. The number of benzene rings is 3. The minimum atomic E-state index is -0.942. The lowest BCUT2D eigenvalue weighted by molar-refractivity contribution is -0.00829. The molecule has 2 nitrogen and oxygen atoms in total. The zero-order valence-electron chi connectivity index (χ0n) is 21.7. The first kappa shape index (κ1) is 25.7. The van der Waals surface area contributed by atoms with Gasteiger partial charge in [-0.1, -0.05) is 131 Å². The second-order valence-corrected chi connectivity index (χ2v) is 11.5. The van der Waals surface area contributed by atoms with Crippen molar-refractivity contribution in [1.29, 1.82) is 0 Å². The van der Waals surface area contributed by atoms with E-state index in [4.69, 9.17) is 0 Å². The summed E-state index contributed by atoms with van der Waals surface area (Å²) in [6, 6.07) is 28.9. The Morgan fingerprint density at radius 1 is 0.714 bits per heavy atom. The Morgan fingerprint density at radius 2 is 1.23 bits per heavy atom. The molecule has 4 rings (SSSR count). The molecule has 1 fully saturated rings. The van der Waals surface area contributed by atoms with E-state index in [1.54, 1.807) is 0 Å². The molecule has 3 aromatic rings. The Morgan fingerprint density at radius 3 is 1.71 bits per heavy atom. The lowest BCUT2D eigenvalue weighted by atomic mass is 9.67. The minimum absolute atomic E-state index is 0.134. The van der Waals surface area contributed by atoms with Crippen molar-refractivity contribution >= 4 is 0 Å². The molecule has 1 aliphatic rings. The van der Waals surface area contributed by atoms with Crippen LogP contribution in [0.1, 0.15) is 94.1 Å². The summed E-state index contributed by atoms with van der Waals surface area (Å²) in [6.07, 6.45) is 6.96. The van der Waals surface area contributed by atoms with Gasteiger partial charge in [-0.2, -0.15) is 0 Å². The van der Waals surface area contributed by atoms with Crippen LogP contribution in [-0.4, -0.2) is 10.2 Å². The number of aliphatic hydroxyl groups is 2. The first-order chi connectivity index (χ1) is 16.8. The van der Waals surface area contributed by atoms with Crippen molar-refractivity contribution in [2.75, 3.05) is 0 Å². The van der Waals surface area contributed by atoms with Crippen molar-refractivity contribution in [2.24, 2.45) is 11.8 Å². The molecule has 0 spiro atoms. The zero-order valence-corrected chi connectivity index (χ0v) is 21.7. The fraction of sp³-hybridized carbons (Fsp3) is 0.455. The van der Waals surface area contributed by atoms with Crippen LogP contribution in [0.3, 0.4) is 0 Å². The maximum absolute atomic E-state index is 12.1. The number of hydrogen-bond donors (Lipinski definition) is 2. The van der Waals surface area contributed by atoms with Crippen molar-refractivity contribution in [1.82, 2.24) is 0 Å². The molecule has 0 radical (unpaired) electrons. The van der Waals surface area contributed by atoms with Crippen molar-refractivity contribution in [2.45, 2.75) is 82.8 Å². The van der Waals surface area contributed by atoms with Gasteiger partial charge < -0.3 is 10.2 Å². The van der Waals surface area contributed by atoms with Gasteiger partial charge in [0.25, 0.3) is 0 Å². The highest BCUT2D eigenvalue weighted by molar-refractivity contribution is 5.37. The lowest BCUT2D eigenvalue weighted by Crippen LogP contribution is -2.38. The van der Waals surface area contributed by atoms with E-state index in [2.05, 4.69) is 69.3 Å². The Hall–Kier alpha value is -2.42. The molecule has 0 amide bonds. The number of aliphatic hydroxyl groups excluding tert-OH is 1. The van der Waals surface area contributed by atoms with Crippen LogP contribution in [0, 0.1) is 11.8 Å². The monoisotopic (exact) mass is 470 g/mol. The molecule has 2 N–H and O–H groups in total. The average Bonchev–Trinajstić information content (AvgIpc) is 2.89. The Bertz CT molecular complexity index is 986. The van der Waals surface area contributed by atoms with Crippen LogP contribution in [-0.2, 0) is 11.0 Å². The highest BCUT2D eigenvalue weighted by Crippen LogP contribution is 2.46. The van der Waals surface area contributed by atoms with Crippen molar-refractivity contribution < 1.29 is 10.2 Å². The smallest absolute Gasteiger partial charge is 0.117 e. The Kier molecular flexibility index (Phi) is 8.14. The zero-order chi connectivity index (χ0) is 24.9. The first-order valence-corrected chi connectivity index (χ1v) is 13.4. The maximum Gasteiger partial charge on any atom is 0.117 e. The van der Waals surface area contributed by atoms with Crippen LogP contribution >= 0.6 is 0 Å². The van der Waals surface area contributed by atoms with E-state index in [1.165, 1.54) is 5.56 Å². The van der Waals surface area contributed by atoms with Crippen LogP contribution in [0.2, 0.25) is 0 Å². The highest BCUT2D eigenvalue weighted by Gasteiger charge is 2.41. The van der Waals surface area contributed by atoms with Gasteiger partial charge in [-0.15, -0.1) is 0 Å². The SMILES string of the molecule is CC(C)(C)c1ccc(C(O)CCCC2CCC(C(O)(c3ccccc3)c3ccccc3)CC2)cc1. The van der Waals surface area contributed by atoms with Gasteiger partial charge in [-0.3, -0.25) is 0 Å². The van der Waals surface area contributed by atoms with Crippen LogP contribution < -0.4 is 0 Å². The summed E-state index contributed by atoms with van der Waals surface area (Å²) in [7, 11) is 0. The molecule has 0 bridgehead atoms. The molecule has 0 aliphatic heterocycles. The molecule has 0 aromatic heterocycles. The van der Waals surface area contributed by atoms with Crippen molar-refractivity contribution in [3.8, 4) is 0 Å². The van der Waals surface area contributed by atoms with Crippen molar-refractivity contribution in [3.63, 3.8) is 0 Å². The molecule has 1 aliphatic carbocycles. The fourth-order valence-corrected chi connectivity index (χ4v) is 5.86. The van der Waals surface area contributed by atoms with Crippen molar-refractivity contribution in [3.05, 3.63) is 107 Å². The first-order valence-electron chi connectivity index (χ1n) is 13.4. The van der Waals surface area contributed by atoms with E-state index < -0.39 is 5.60 Å². The van der Waals surface area contributed by atoms with Crippen LogP contribution in [0.25, 0.3) is 0 Å². The van der Waals surface area contributed by atoms with E-state index in [-0.39, 0.29) is 17.4 Å². The van der Waals surface area contributed by atoms with E-state index in [1.807, 2.05) is 36.4 Å². The van der Waals surface area contributed by atoms with E-state index in [0.29, 0.717) is 5.92 Å². The number of rotatable bonds is 8. The topological polar surface area (TPSA) is 40.5 Å². The molecule has 0 heterocycles. The summed E-state index contributed by atoms with van der Waals surface area (Å²) in [5.74, 6) is 0.896. The normalized spacial score (nSPS) is 19.9. The predicted molar refractivity (Wildman–Crippen MR) is 145 cm³/mol. The third-order valence-corrected chi connectivity index (χ3v) is 8.12. The Labute approximate surface area is 212 Å². The highest BCUT2D eigenvalue weighted by atomic mass is 16.3. The molecule has 186 valence electrons. The van der Waals surface area contributed by atoms with E-state index in [0.717, 1.165) is 61.6 Å². The predicted octanol–water partition coefficient (Wildman–Crippen LogP) is 7.93. The molecule has 3 aromatic carbocycles. The standard InChI is InChI=1S/C33H42O2/c1-32(2,3)27-23-19-26(20-24-27)31(34)16-10-11-25-17-21-30(22-18-25)33(35,28-12-6-4-7-13-28)29-14-8-5-9-15-29/h4-9,12-15,19-20,23-25,30-31,34-35H,10-11,16-18,21-22H2,1-3H3. The molecule has 0 saturated heterocycles.